The summed E-state index contributed by atoms with van der Waals surface area (Å²) in [5.74, 6) is -0.281. The number of fused-ring (bicyclic) bond motifs is 1. The molecule has 0 N–H and O–H groups in total. The number of hydrogen-bond acceptors (Lipinski definition) is 3. The average molecular weight is 308 g/mol. The number of nitrogens with zero attached hydrogens (tertiary/aromatic N) is 3. The summed E-state index contributed by atoms with van der Waals surface area (Å²) in [4.78, 5) is 18.7. The lowest BCUT2D eigenvalue weighted by molar-refractivity contribution is -0.141. The third-order valence-electron chi connectivity index (χ3n) is 2.03. The van der Waals surface area contributed by atoms with E-state index >= 15 is 0 Å². The highest BCUT2D eigenvalue weighted by molar-refractivity contribution is 9.10. The lowest BCUT2D eigenvalue weighted by Crippen LogP contribution is -2.23. The summed E-state index contributed by atoms with van der Waals surface area (Å²) in [6.45, 7) is 1.67. The first-order valence-corrected chi connectivity index (χ1v) is 5.21. The van der Waals surface area contributed by atoms with Crippen molar-refractivity contribution >= 4 is 21.7 Å². The summed E-state index contributed by atoms with van der Waals surface area (Å²) in [5, 5.41) is 0. The van der Waals surface area contributed by atoms with Crippen LogP contribution in [-0.4, -0.2) is 14.4 Å². The van der Waals surface area contributed by atoms with Gasteiger partial charge >= 0.3 is 6.18 Å². The molecule has 0 aliphatic rings. The first kappa shape index (κ1) is 12.0. The number of alkyl halides is 3. The van der Waals surface area contributed by atoms with Gasteiger partial charge in [0.15, 0.2) is 5.69 Å². The van der Waals surface area contributed by atoms with Crippen molar-refractivity contribution in [2.45, 2.75) is 13.1 Å². The number of aryl methyl sites for hydroxylation is 1. The van der Waals surface area contributed by atoms with Crippen molar-refractivity contribution in [3.05, 3.63) is 38.5 Å². The second kappa shape index (κ2) is 3.80. The average Bonchev–Trinajstić information content (AvgIpc) is 2.22. The van der Waals surface area contributed by atoms with Crippen LogP contribution in [0.1, 0.15) is 11.3 Å². The van der Waals surface area contributed by atoms with Crippen molar-refractivity contribution < 1.29 is 13.2 Å². The molecule has 0 bridgehead atoms. The Kier molecular flexibility index (Phi) is 2.69. The van der Waals surface area contributed by atoms with Crippen LogP contribution in [0, 0.1) is 6.92 Å². The Labute approximate surface area is 101 Å². The zero-order valence-electron chi connectivity index (χ0n) is 8.42. The van der Waals surface area contributed by atoms with Crippen molar-refractivity contribution in [1.82, 2.24) is 14.4 Å². The summed E-state index contributed by atoms with van der Waals surface area (Å²) in [6, 6.07) is 0. The summed E-state index contributed by atoms with van der Waals surface area (Å²) < 4.78 is 38.1. The Hall–Kier alpha value is -1.44. The van der Waals surface area contributed by atoms with Crippen molar-refractivity contribution in [2.75, 3.05) is 0 Å². The number of aromatic nitrogens is 3. The molecule has 0 saturated heterocycles. The zero-order valence-corrected chi connectivity index (χ0v) is 10.0. The van der Waals surface area contributed by atoms with Crippen LogP contribution >= 0.6 is 15.9 Å². The van der Waals surface area contributed by atoms with Crippen LogP contribution in [0.4, 0.5) is 13.2 Å². The fourth-order valence-electron chi connectivity index (χ4n) is 1.29. The molecule has 2 aromatic heterocycles. The molecular weight excluding hydrogens is 303 g/mol. The molecule has 0 aliphatic heterocycles. The lowest BCUT2D eigenvalue weighted by atomic mass is 10.3. The van der Waals surface area contributed by atoms with E-state index in [2.05, 4.69) is 25.9 Å². The quantitative estimate of drug-likeness (QED) is 0.749. The minimum absolute atomic E-state index is 0.281. The highest BCUT2D eigenvalue weighted by atomic mass is 79.9. The largest absolute Gasteiger partial charge is 0.434 e. The van der Waals surface area contributed by atoms with E-state index in [9.17, 15) is 18.0 Å². The summed E-state index contributed by atoms with van der Waals surface area (Å²) >= 11 is 2.62. The van der Waals surface area contributed by atoms with E-state index in [0.29, 0.717) is 5.56 Å². The molecule has 0 saturated carbocycles. The number of rotatable bonds is 0. The van der Waals surface area contributed by atoms with Crippen molar-refractivity contribution in [3.8, 4) is 0 Å². The molecule has 17 heavy (non-hydrogen) atoms. The predicted molar refractivity (Wildman–Crippen MR) is 56.7 cm³/mol. The van der Waals surface area contributed by atoms with E-state index < -0.39 is 21.9 Å². The maximum atomic E-state index is 12.6. The second-order valence-electron chi connectivity index (χ2n) is 3.38. The molecule has 0 fully saturated rings. The molecule has 4 nitrogen and oxygen atoms in total. The van der Waals surface area contributed by atoms with E-state index in [4.69, 9.17) is 0 Å². The van der Waals surface area contributed by atoms with Gasteiger partial charge in [0.25, 0.3) is 5.56 Å². The first-order chi connectivity index (χ1) is 7.80. The Bertz CT molecular complexity index is 650. The van der Waals surface area contributed by atoms with Crippen molar-refractivity contribution in [1.29, 1.82) is 0 Å². The topological polar surface area (TPSA) is 47.3 Å². The van der Waals surface area contributed by atoms with E-state index in [-0.39, 0.29) is 5.78 Å². The first-order valence-electron chi connectivity index (χ1n) is 4.42. The van der Waals surface area contributed by atoms with Gasteiger partial charge < -0.3 is 0 Å². The molecule has 90 valence electrons. The fraction of sp³-hybridized carbons (Fsp3) is 0.222. The Morgan fingerprint density at radius 3 is 2.65 bits per heavy atom. The van der Waals surface area contributed by atoms with Gasteiger partial charge in [-0.2, -0.15) is 13.2 Å². The molecular formula is C9H5BrF3N3O. The smallest absolute Gasteiger partial charge is 0.268 e. The van der Waals surface area contributed by atoms with Crippen LogP contribution in [0.2, 0.25) is 0 Å². The molecule has 0 aromatic carbocycles. The molecule has 8 heteroatoms. The van der Waals surface area contributed by atoms with E-state index in [1.54, 1.807) is 6.92 Å². The number of halogens is 4. The molecule has 0 unspecified atom stereocenters. The molecule has 2 heterocycles. The van der Waals surface area contributed by atoms with Crippen LogP contribution in [-0.2, 0) is 6.18 Å². The van der Waals surface area contributed by atoms with Crippen LogP contribution in [0.3, 0.4) is 0 Å². The Morgan fingerprint density at radius 2 is 2.06 bits per heavy atom. The van der Waals surface area contributed by atoms with Crippen LogP contribution in [0.5, 0.6) is 0 Å². The van der Waals surface area contributed by atoms with Crippen LogP contribution < -0.4 is 5.56 Å². The van der Waals surface area contributed by atoms with Crippen LogP contribution in [0.25, 0.3) is 5.78 Å². The van der Waals surface area contributed by atoms with Gasteiger partial charge in [-0.3, -0.25) is 9.20 Å². The lowest BCUT2D eigenvalue weighted by Gasteiger charge is -2.09. The summed E-state index contributed by atoms with van der Waals surface area (Å²) in [7, 11) is 0. The van der Waals surface area contributed by atoms with Gasteiger partial charge in [0.05, 0.1) is 0 Å². The van der Waals surface area contributed by atoms with E-state index in [0.717, 1.165) is 4.40 Å². The van der Waals surface area contributed by atoms with E-state index in [1.807, 2.05) is 0 Å². The van der Waals surface area contributed by atoms with Crippen molar-refractivity contribution in [3.63, 3.8) is 0 Å². The van der Waals surface area contributed by atoms with Gasteiger partial charge in [0, 0.05) is 12.4 Å². The fourth-order valence-corrected chi connectivity index (χ4v) is 1.80. The second-order valence-corrected chi connectivity index (χ2v) is 4.17. The molecule has 2 aromatic rings. The third kappa shape index (κ3) is 2.04. The van der Waals surface area contributed by atoms with Gasteiger partial charge in [-0.05, 0) is 28.4 Å². The monoisotopic (exact) mass is 307 g/mol. The van der Waals surface area contributed by atoms with Gasteiger partial charge in [-0.25, -0.2) is 9.97 Å². The van der Waals surface area contributed by atoms with Gasteiger partial charge in [-0.1, -0.05) is 0 Å². The third-order valence-corrected chi connectivity index (χ3v) is 2.74. The van der Waals surface area contributed by atoms with Crippen LogP contribution in [0.15, 0.2) is 21.7 Å². The number of hydrogen-bond donors (Lipinski definition) is 0. The van der Waals surface area contributed by atoms with Gasteiger partial charge in [-0.15, -0.1) is 0 Å². The minimum atomic E-state index is -4.70. The molecule has 0 spiro atoms. The highest BCUT2D eigenvalue weighted by Gasteiger charge is 2.37. The predicted octanol–water partition coefficient (Wildman–Crippen LogP) is 2.18. The normalized spacial score (nSPS) is 12.1. The Morgan fingerprint density at radius 1 is 1.41 bits per heavy atom. The summed E-state index contributed by atoms with van der Waals surface area (Å²) in [5.41, 5.74) is -1.45. The zero-order chi connectivity index (χ0) is 12.8. The highest BCUT2D eigenvalue weighted by Crippen LogP contribution is 2.31. The Balaban J connectivity index is 2.90. The molecule has 0 aliphatic carbocycles. The molecule has 0 radical (unpaired) electrons. The minimum Gasteiger partial charge on any atom is -0.268 e. The molecule has 2 rings (SSSR count). The van der Waals surface area contributed by atoms with Crippen molar-refractivity contribution in [2.24, 2.45) is 0 Å². The van der Waals surface area contributed by atoms with E-state index in [1.165, 1.54) is 12.4 Å². The standard InChI is InChI=1S/C9H5BrF3N3O/c1-4-2-14-8-15-6(9(11,12)13)5(10)7(17)16(8)3-4/h2-3H,1H3. The van der Waals surface area contributed by atoms with Gasteiger partial charge in [0.2, 0.25) is 5.78 Å². The van der Waals surface area contributed by atoms with Gasteiger partial charge in [0.1, 0.15) is 4.47 Å². The summed E-state index contributed by atoms with van der Waals surface area (Å²) in [6.07, 6.45) is -1.97. The molecule has 0 amide bonds. The SMILES string of the molecule is Cc1cnc2nc(C(F)(F)F)c(Br)c(=O)n2c1. The maximum absolute atomic E-state index is 12.6. The molecule has 0 atom stereocenters. The maximum Gasteiger partial charge on any atom is 0.434 e.